The predicted octanol–water partition coefficient (Wildman–Crippen LogP) is 2.12. The van der Waals surface area contributed by atoms with Crippen LogP contribution in [0.5, 0.6) is 0 Å². The number of hydrogen-bond donors (Lipinski definition) is 1. The summed E-state index contributed by atoms with van der Waals surface area (Å²) < 4.78 is 0. The summed E-state index contributed by atoms with van der Waals surface area (Å²) in [7, 11) is 3.74. The number of hydrogen-bond acceptors (Lipinski definition) is 3. The molecule has 1 heterocycles. The smallest absolute Gasteiger partial charge is 0.254 e. The Balaban J connectivity index is 2.12. The number of likely N-dealkylation sites (N-methyl/N-ethyl adjacent to an activating group) is 1. The van der Waals surface area contributed by atoms with E-state index in [0.29, 0.717) is 6.54 Å². The molecule has 0 aliphatic heterocycles. The highest BCUT2D eigenvalue weighted by molar-refractivity contribution is 5.95. The molecule has 0 atom stereocenters. The molecule has 21 heavy (non-hydrogen) atoms. The zero-order valence-corrected chi connectivity index (χ0v) is 12.5. The zero-order valence-electron chi connectivity index (χ0n) is 12.5. The van der Waals surface area contributed by atoms with E-state index in [1.165, 1.54) is 0 Å². The number of carbonyl (C=O) groups excluding carboxylic acids is 1. The highest BCUT2D eigenvalue weighted by Crippen LogP contribution is 2.13. The minimum absolute atomic E-state index is 0.0468. The number of nitrogens with one attached hydrogen (secondary N) is 1. The van der Waals surface area contributed by atoms with E-state index in [1.807, 2.05) is 50.5 Å². The van der Waals surface area contributed by atoms with Crippen LogP contribution in [0, 0.1) is 0 Å². The SMILES string of the molecule is CNCCc1ccccc1C(=O)N(C)Cc1cccnc1. The minimum atomic E-state index is 0.0468. The fourth-order valence-electron chi connectivity index (χ4n) is 2.25. The van der Waals surface area contributed by atoms with Crippen molar-refractivity contribution < 1.29 is 4.79 Å². The first-order valence-electron chi connectivity index (χ1n) is 7.09. The van der Waals surface area contributed by atoms with Gasteiger partial charge in [-0.25, -0.2) is 0 Å². The maximum Gasteiger partial charge on any atom is 0.254 e. The van der Waals surface area contributed by atoms with Crippen molar-refractivity contribution in [1.82, 2.24) is 15.2 Å². The van der Waals surface area contributed by atoms with E-state index >= 15 is 0 Å². The van der Waals surface area contributed by atoms with Gasteiger partial charge in [0.15, 0.2) is 0 Å². The number of nitrogens with zero attached hydrogens (tertiary/aromatic N) is 2. The van der Waals surface area contributed by atoms with Crippen molar-refractivity contribution in [3.05, 3.63) is 65.5 Å². The molecule has 0 saturated heterocycles. The topological polar surface area (TPSA) is 45.2 Å². The van der Waals surface area contributed by atoms with E-state index in [1.54, 1.807) is 17.3 Å². The lowest BCUT2D eigenvalue weighted by molar-refractivity contribution is 0.0784. The molecule has 1 amide bonds. The zero-order chi connectivity index (χ0) is 15.1. The van der Waals surface area contributed by atoms with Crippen molar-refractivity contribution >= 4 is 5.91 Å². The van der Waals surface area contributed by atoms with Gasteiger partial charge >= 0.3 is 0 Å². The second-order valence-electron chi connectivity index (χ2n) is 5.03. The van der Waals surface area contributed by atoms with Gasteiger partial charge in [-0.15, -0.1) is 0 Å². The highest BCUT2D eigenvalue weighted by Gasteiger charge is 2.15. The molecule has 0 fully saturated rings. The lowest BCUT2D eigenvalue weighted by atomic mass is 10.0. The molecule has 0 spiro atoms. The second kappa shape index (κ2) is 7.55. The van der Waals surface area contributed by atoms with Crippen molar-refractivity contribution in [1.29, 1.82) is 0 Å². The molecular weight excluding hydrogens is 262 g/mol. The minimum Gasteiger partial charge on any atom is -0.337 e. The second-order valence-corrected chi connectivity index (χ2v) is 5.03. The molecule has 4 heteroatoms. The summed E-state index contributed by atoms with van der Waals surface area (Å²) in [6.45, 7) is 1.42. The van der Waals surface area contributed by atoms with Gasteiger partial charge in [-0.2, -0.15) is 0 Å². The van der Waals surface area contributed by atoms with Gasteiger partial charge in [0.1, 0.15) is 0 Å². The number of rotatable bonds is 6. The summed E-state index contributed by atoms with van der Waals surface area (Å²) in [5.41, 5.74) is 2.88. The Morgan fingerprint density at radius 1 is 1.24 bits per heavy atom. The number of benzene rings is 1. The monoisotopic (exact) mass is 283 g/mol. The van der Waals surface area contributed by atoms with Crippen molar-refractivity contribution in [3.63, 3.8) is 0 Å². The molecule has 0 unspecified atom stereocenters. The third kappa shape index (κ3) is 4.13. The van der Waals surface area contributed by atoms with Crippen LogP contribution in [0.15, 0.2) is 48.8 Å². The van der Waals surface area contributed by atoms with Crippen LogP contribution in [0.1, 0.15) is 21.5 Å². The molecule has 0 aliphatic rings. The van der Waals surface area contributed by atoms with Crippen LogP contribution in [0.25, 0.3) is 0 Å². The van der Waals surface area contributed by atoms with Gasteiger partial charge in [-0.05, 0) is 43.3 Å². The van der Waals surface area contributed by atoms with Crippen LogP contribution < -0.4 is 5.32 Å². The molecular formula is C17H21N3O. The normalized spacial score (nSPS) is 10.4. The first-order valence-corrected chi connectivity index (χ1v) is 7.09. The third-order valence-electron chi connectivity index (χ3n) is 3.38. The lowest BCUT2D eigenvalue weighted by Crippen LogP contribution is -2.27. The van der Waals surface area contributed by atoms with E-state index in [4.69, 9.17) is 0 Å². The van der Waals surface area contributed by atoms with E-state index in [0.717, 1.165) is 29.7 Å². The van der Waals surface area contributed by atoms with Crippen molar-refractivity contribution in [2.45, 2.75) is 13.0 Å². The molecule has 1 N–H and O–H groups in total. The van der Waals surface area contributed by atoms with Crippen LogP contribution in [0.4, 0.5) is 0 Å². The fraction of sp³-hybridized carbons (Fsp3) is 0.294. The van der Waals surface area contributed by atoms with Crippen LogP contribution in [0.3, 0.4) is 0 Å². The third-order valence-corrected chi connectivity index (χ3v) is 3.38. The van der Waals surface area contributed by atoms with Gasteiger partial charge in [-0.3, -0.25) is 9.78 Å². The quantitative estimate of drug-likeness (QED) is 0.883. The molecule has 2 rings (SSSR count). The molecule has 110 valence electrons. The van der Waals surface area contributed by atoms with Crippen LogP contribution in [0.2, 0.25) is 0 Å². The molecule has 1 aromatic carbocycles. The van der Waals surface area contributed by atoms with Crippen LogP contribution >= 0.6 is 0 Å². The summed E-state index contributed by atoms with van der Waals surface area (Å²) in [6.07, 6.45) is 4.37. The largest absolute Gasteiger partial charge is 0.337 e. The standard InChI is InChI=1S/C17H21N3O/c1-18-11-9-15-7-3-4-8-16(15)17(21)20(2)13-14-6-5-10-19-12-14/h3-8,10,12,18H,9,11,13H2,1-2H3. The molecule has 0 radical (unpaired) electrons. The molecule has 1 aromatic heterocycles. The van der Waals surface area contributed by atoms with Crippen molar-refractivity contribution in [3.8, 4) is 0 Å². The first-order chi connectivity index (χ1) is 10.2. The number of pyridine rings is 1. The average molecular weight is 283 g/mol. The summed E-state index contributed by atoms with van der Waals surface area (Å²) in [6, 6.07) is 11.7. The number of aromatic nitrogens is 1. The summed E-state index contributed by atoms with van der Waals surface area (Å²) >= 11 is 0. The highest BCUT2D eigenvalue weighted by atomic mass is 16.2. The summed E-state index contributed by atoms with van der Waals surface area (Å²) in [5, 5.41) is 3.12. The summed E-state index contributed by atoms with van der Waals surface area (Å²) in [4.78, 5) is 18.4. The van der Waals surface area contributed by atoms with E-state index in [-0.39, 0.29) is 5.91 Å². The number of carbonyl (C=O) groups is 1. The Kier molecular flexibility index (Phi) is 5.46. The van der Waals surface area contributed by atoms with E-state index in [2.05, 4.69) is 10.3 Å². The molecule has 0 aliphatic carbocycles. The van der Waals surface area contributed by atoms with Crippen molar-refractivity contribution in [2.24, 2.45) is 0 Å². The predicted molar refractivity (Wildman–Crippen MR) is 84.1 cm³/mol. The van der Waals surface area contributed by atoms with Crippen molar-refractivity contribution in [2.75, 3.05) is 20.6 Å². The fourth-order valence-corrected chi connectivity index (χ4v) is 2.25. The van der Waals surface area contributed by atoms with Crippen LogP contribution in [-0.2, 0) is 13.0 Å². The van der Waals surface area contributed by atoms with E-state index < -0.39 is 0 Å². The van der Waals surface area contributed by atoms with Gasteiger partial charge in [0.25, 0.3) is 5.91 Å². The number of amides is 1. The van der Waals surface area contributed by atoms with Gasteiger partial charge in [0, 0.05) is 31.5 Å². The first kappa shape index (κ1) is 15.2. The Labute approximate surface area is 125 Å². The summed E-state index contributed by atoms with van der Waals surface area (Å²) in [5.74, 6) is 0.0468. The maximum absolute atomic E-state index is 12.6. The molecule has 0 bridgehead atoms. The Morgan fingerprint density at radius 2 is 2.05 bits per heavy atom. The Bertz CT molecular complexity index is 584. The molecule has 4 nitrogen and oxygen atoms in total. The Hall–Kier alpha value is -2.20. The van der Waals surface area contributed by atoms with Crippen LogP contribution in [-0.4, -0.2) is 36.4 Å². The molecule has 0 saturated carbocycles. The lowest BCUT2D eigenvalue weighted by Gasteiger charge is -2.19. The van der Waals surface area contributed by atoms with Gasteiger partial charge in [0.05, 0.1) is 0 Å². The molecule has 2 aromatic rings. The van der Waals surface area contributed by atoms with E-state index in [9.17, 15) is 4.79 Å². The van der Waals surface area contributed by atoms with Gasteiger partial charge in [-0.1, -0.05) is 24.3 Å². The van der Waals surface area contributed by atoms with Gasteiger partial charge < -0.3 is 10.2 Å². The average Bonchev–Trinajstić information content (AvgIpc) is 2.53. The maximum atomic E-state index is 12.6. The van der Waals surface area contributed by atoms with Gasteiger partial charge in [0.2, 0.25) is 0 Å². The Morgan fingerprint density at radius 3 is 2.76 bits per heavy atom.